The van der Waals surface area contributed by atoms with E-state index >= 15 is 0 Å². The summed E-state index contributed by atoms with van der Waals surface area (Å²) < 4.78 is 19.7. The van der Waals surface area contributed by atoms with Gasteiger partial charge in [0.25, 0.3) is 5.91 Å². The summed E-state index contributed by atoms with van der Waals surface area (Å²) in [5.74, 6) is -1.32. The zero-order valence-corrected chi connectivity index (χ0v) is 15.2. The molecule has 0 unspecified atom stereocenters. The molecule has 2 saturated heterocycles. The summed E-state index contributed by atoms with van der Waals surface area (Å²) in [5, 5.41) is 0. The summed E-state index contributed by atoms with van der Waals surface area (Å²) in [6, 6.07) is 9.12. The van der Waals surface area contributed by atoms with E-state index in [2.05, 4.69) is 4.98 Å². The number of hydrogen-bond acceptors (Lipinski definition) is 4. The number of carbonyl (C=O) groups is 2. The first-order chi connectivity index (χ1) is 12.9. The Morgan fingerprint density at radius 1 is 1.15 bits per heavy atom. The minimum absolute atomic E-state index is 0.105. The van der Waals surface area contributed by atoms with Gasteiger partial charge < -0.3 is 9.64 Å². The van der Waals surface area contributed by atoms with Crippen LogP contribution in [-0.2, 0) is 20.9 Å². The Bertz CT molecular complexity index is 909. The zero-order chi connectivity index (χ0) is 19.2. The number of pyridine rings is 1. The Hall–Kier alpha value is -2.80. The van der Waals surface area contributed by atoms with Crippen LogP contribution < -0.4 is 4.90 Å². The van der Waals surface area contributed by atoms with Crippen LogP contribution >= 0.6 is 0 Å². The van der Waals surface area contributed by atoms with E-state index in [4.69, 9.17) is 4.74 Å². The van der Waals surface area contributed by atoms with Gasteiger partial charge in [0.15, 0.2) is 17.2 Å². The number of anilines is 1. The number of aromatic nitrogens is 1. The van der Waals surface area contributed by atoms with Crippen LogP contribution in [0.1, 0.15) is 16.7 Å². The molecule has 3 heterocycles. The monoisotopic (exact) mass is 369 g/mol. The number of halogens is 1. The molecule has 0 bridgehead atoms. The second kappa shape index (κ2) is 6.42. The molecule has 2 fully saturated rings. The summed E-state index contributed by atoms with van der Waals surface area (Å²) in [7, 11) is 0. The molecule has 0 aliphatic carbocycles. The maximum atomic E-state index is 14.4. The van der Waals surface area contributed by atoms with Crippen molar-refractivity contribution in [3.05, 3.63) is 59.0 Å². The number of carbonyl (C=O) groups excluding carboxylic acids is 2. The van der Waals surface area contributed by atoms with E-state index < -0.39 is 11.4 Å². The van der Waals surface area contributed by atoms with Crippen LogP contribution in [0.2, 0.25) is 0 Å². The Balaban J connectivity index is 1.66. The largest absolute Gasteiger partial charge is 0.375 e. The second-order valence-electron chi connectivity index (χ2n) is 7.20. The quantitative estimate of drug-likeness (QED) is 0.830. The van der Waals surface area contributed by atoms with Gasteiger partial charge in [-0.15, -0.1) is 0 Å². The van der Waals surface area contributed by atoms with Crippen LogP contribution in [0.25, 0.3) is 0 Å². The van der Waals surface area contributed by atoms with Gasteiger partial charge in [-0.25, -0.2) is 9.37 Å². The summed E-state index contributed by atoms with van der Waals surface area (Å²) in [6.07, 6.45) is 1.48. The SMILES string of the molecule is Cc1ccc(CN2C(=O)CN(c3ncc(C)cc3F)C(=O)C23COC3)cc1. The number of piperazine rings is 1. The average Bonchev–Trinajstić information content (AvgIpc) is 2.59. The Kier molecular flexibility index (Phi) is 4.19. The normalized spacial score (nSPS) is 18.8. The van der Waals surface area contributed by atoms with Crippen molar-refractivity contribution in [3.8, 4) is 0 Å². The van der Waals surface area contributed by atoms with Gasteiger partial charge >= 0.3 is 0 Å². The topological polar surface area (TPSA) is 62.7 Å². The molecule has 7 heteroatoms. The number of hydrogen-bond donors (Lipinski definition) is 0. The molecule has 140 valence electrons. The lowest BCUT2D eigenvalue weighted by molar-refractivity contribution is -0.184. The van der Waals surface area contributed by atoms with Crippen LogP contribution in [0.3, 0.4) is 0 Å². The highest BCUT2D eigenvalue weighted by Crippen LogP contribution is 2.35. The van der Waals surface area contributed by atoms with Gasteiger partial charge in [-0.2, -0.15) is 0 Å². The maximum Gasteiger partial charge on any atom is 0.259 e. The summed E-state index contributed by atoms with van der Waals surface area (Å²) in [6.45, 7) is 3.99. The van der Waals surface area contributed by atoms with Crippen molar-refractivity contribution in [1.29, 1.82) is 0 Å². The molecule has 2 amide bonds. The van der Waals surface area contributed by atoms with Crippen molar-refractivity contribution in [2.75, 3.05) is 24.7 Å². The van der Waals surface area contributed by atoms with Crippen molar-refractivity contribution < 1.29 is 18.7 Å². The van der Waals surface area contributed by atoms with Gasteiger partial charge in [-0.1, -0.05) is 29.8 Å². The van der Waals surface area contributed by atoms with Crippen LogP contribution in [0, 0.1) is 19.7 Å². The van der Waals surface area contributed by atoms with Gasteiger partial charge in [-0.05, 0) is 31.0 Å². The van der Waals surface area contributed by atoms with Crippen molar-refractivity contribution in [1.82, 2.24) is 9.88 Å². The van der Waals surface area contributed by atoms with Gasteiger partial charge in [0, 0.05) is 12.7 Å². The van der Waals surface area contributed by atoms with Gasteiger partial charge in [0.05, 0.1) is 13.2 Å². The predicted molar refractivity (Wildman–Crippen MR) is 96.6 cm³/mol. The second-order valence-corrected chi connectivity index (χ2v) is 7.20. The molecule has 0 radical (unpaired) electrons. The number of nitrogens with zero attached hydrogens (tertiary/aromatic N) is 3. The summed E-state index contributed by atoms with van der Waals surface area (Å²) in [5.41, 5.74) is 1.60. The van der Waals surface area contributed by atoms with Gasteiger partial charge in [0.1, 0.15) is 6.54 Å². The van der Waals surface area contributed by atoms with Crippen LogP contribution in [0.15, 0.2) is 36.5 Å². The highest BCUT2D eigenvalue weighted by atomic mass is 19.1. The Morgan fingerprint density at radius 3 is 2.44 bits per heavy atom. The van der Waals surface area contributed by atoms with E-state index in [-0.39, 0.29) is 37.4 Å². The van der Waals surface area contributed by atoms with E-state index in [9.17, 15) is 14.0 Å². The van der Waals surface area contributed by atoms with E-state index in [1.165, 1.54) is 12.3 Å². The molecule has 0 N–H and O–H groups in total. The van der Waals surface area contributed by atoms with Crippen molar-refractivity contribution >= 4 is 17.6 Å². The highest BCUT2D eigenvalue weighted by Gasteiger charge is 2.58. The third-order valence-corrected chi connectivity index (χ3v) is 5.11. The van der Waals surface area contributed by atoms with Crippen molar-refractivity contribution in [3.63, 3.8) is 0 Å². The van der Waals surface area contributed by atoms with Crippen LogP contribution in [0.4, 0.5) is 10.2 Å². The molecular weight excluding hydrogens is 349 g/mol. The number of rotatable bonds is 3. The molecule has 2 aliphatic heterocycles. The lowest BCUT2D eigenvalue weighted by Gasteiger charge is -2.52. The predicted octanol–water partition coefficient (Wildman–Crippen LogP) is 1.98. The average molecular weight is 369 g/mol. The first kappa shape index (κ1) is 17.6. The van der Waals surface area contributed by atoms with E-state index in [0.29, 0.717) is 12.1 Å². The fourth-order valence-electron chi connectivity index (χ4n) is 3.48. The summed E-state index contributed by atoms with van der Waals surface area (Å²) in [4.78, 5) is 32.9. The molecule has 4 rings (SSSR count). The molecule has 2 aromatic rings. The van der Waals surface area contributed by atoms with E-state index in [0.717, 1.165) is 16.0 Å². The van der Waals surface area contributed by atoms with E-state index in [1.54, 1.807) is 11.8 Å². The molecule has 0 saturated carbocycles. The summed E-state index contributed by atoms with van der Waals surface area (Å²) >= 11 is 0. The minimum Gasteiger partial charge on any atom is -0.375 e. The molecule has 1 spiro atoms. The number of benzene rings is 1. The molecule has 27 heavy (non-hydrogen) atoms. The third kappa shape index (κ3) is 2.88. The van der Waals surface area contributed by atoms with Crippen molar-refractivity contribution in [2.24, 2.45) is 0 Å². The molecule has 0 atom stereocenters. The smallest absolute Gasteiger partial charge is 0.259 e. The maximum absolute atomic E-state index is 14.4. The Morgan fingerprint density at radius 2 is 1.85 bits per heavy atom. The lowest BCUT2D eigenvalue weighted by Crippen LogP contribution is -2.76. The third-order valence-electron chi connectivity index (χ3n) is 5.11. The van der Waals surface area contributed by atoms with Crippen LogP contribution in [0.5, 0.6) is 0 Å². The van der Waals surface area contributed by atoms with Crippen molar-refractivity contribution in [2.45, 2.75) is 25.9 Å². The van der Waals surface area contributed by atoms with Crippen LogP contribution in [-0.4, -0.2) is 47.0 Å². The molecule has 6 nitrogen and oxygen atoms in total. The van der Waals surface area contributed by atoms with Gasteiger partial charge in [0.2, 0.25) is 5.91 Å². The molecule has 2 aliphatic rings. The molecular formula is C20H20FN3O3. The molecule has 1 aromatic heterocycles. The first-order valence-corrected chi connectivity index (χ1v) is 8.78. The number of amides is 2. The van der Waals surface area contributed by atoms with Gasteiger partial charge in [-0.3, -0.25) is 14.5 Å². The zero-order valence-electron chi connectivity index (χ0n) is 15.2. The Labute approximate surface area is 156 Å². The number of ether oxygens (including phenoxy) is 1. The minimum atomic E-state index is -1.10. The first-order valence-electron chi connectivity index (χ1n) is 8.78. The molecule has 1 aromatic carbocycles. The fraction of sp³-hybridized carbons (Fsp3) is 0.350. The fourth-order valence-corrected chi connectivity index (χ4v) is 3.48. The standard InChI is InChI=1S/C20H20FN3O3/c1-13-3-5-15(6-4-13)9-24-17(25)10-23(19(26)20(24)11-27-12-20)18-16(21)7-14(2)8-22-18/h3-8H,9-12H2,1-2H3. The lowest BCUT2D eigenvalue weighted by atomic mass is 9.89. The van der Waals surface area contributed by atoms with E-state index in [1.807, 2.05) is 31.2 Å². The number of aryl methyl sites for hydroxylation is 2. The highest BCUT2D eigenvalue weighted by molar-refractivity contribution is 6.09.